The molecule has 0 aliphatic carbocycles. The molecular weight excluding hydrogens is 298 g/mol. The van der Waals surface area contributed by atoms with Gasteiger partial charge in [-0.3, -0.25) is 4.79 Å². The largest absolute Gasteiger partial charge is 0.497 e. The third-order valence-corrected chi connectivity index (χ3v) is 3.26. The van der Waals surface area contributed by atoms with Crippen molar-refractivity contribution in [3.63, 3.8) is 0 Å². The summed E-state index contributed by atoms with van der Waals surface area (Å²) in [4.78, 5) is 22.3. The van der Waals surface area contributed by atoms with Gasteiger partial charge >= 0.3 is 5.82 Å². The Hall–Kier alpha value is -2.41. The number of halogens is 1. The first-order chi connectivity index (χ1) is 9.93. The predicted octanol–water partition coefficient (Wildman–Crippen LogP) is 2.90. The Morgan fingerprint density at radius 1 is 1.43 bits per heavy atom. The lowest BCUT2D eigenvalue weighted by molar-refractivity contribution is -0.389. The molecule has 1 atom stereocenters. The number of carbonyl (C=O) groups excluding carboxylic acids is 1. The molecule has 2 aromatic rings. The first kappa shape index (κ1) is 15.0. The van der Waals surface area contributed by atoms with Crippen LogP contribution in [0.5, 0.6) is 5.75 Å². The third kappa shape index (κ3) is 3.03. The van der Waals surface area contributed by atoms with E-state index in [4.69, 9.17) is 16.3 Å². The lowest BCUT2D eigenvalue weighted by Crippen LogP contribution is -2.17. The molecule has 0 spiro atoms. The zero-order valence-corrected chi connectivity index (χ0v) is 12.1. The molecule has 0 bridgehead atoms. The van der Waals surface area contributed by atoms with Gasteiger partial charge in [0.1, 0.15) is 11.8 Å². The molecule has 1 unspecified atom stereocenters. The quantitative estimate of drug-likeness (QED) is 0.481. The molecule has 0 N–H and O–H groups in total. The van der Waals surface area contributed by atoms with Gasteiger partial charge in [0.05, 0.1) is 18.4 Å². The van der Waals surface area contributed by atoms with E-state index in [1.807, 2.05) is 0 Å². The molecule has 0 amide bonds. The maximum atomic E-state index is 12.3. The highest BCUT2D eigenvalue weighted by Gasteiger charge is 2.26. The Balaban J connectivity index is 2.25. The standard InChI is InChI=1S/C13H12ClN3O4/c1-8(16-7-11(14)13(15-16)17(19)20)12(18)9-3-5-10(21-2)6-4-9/h3-8H,1-2H3. The number of aromatic nitrogens is 2. The molecule has 0 radical (unpaired) electrons. The van der Waals surface area contributed by atoms with Gasteiger partial charge < -0.3 is 14.9 Å². The van der Waals surface area contributed by atoms with Gasteiger partial charge in [-0.05, 0) is 36.1 Å². The van der Waals surface area contributed by atoms with Crippen molar-refractivity contribution in [3.05, 3.63) is 51.2 Å². The minimum atomic E-state index is -0.704. The van der Waals surface area contributed by atoms with E-state index in [-0.39, 0.29) is 10.8 Å². The van der Waals surface area contributed by atoms with Crippen molar-refractivity contribution in [2.75, 3.05) is 7.11 Å². The molecule has 1 aromatic heterocycles. The average molecular weight is 310 g/mol. The summed E-state index contributed by atoms with van der Waals surface area (Å²) in [6.45, 7) is 1.60. The van der Waals surface area contributed by atoms with Crippen LogP contribution in [0.25, 0.3) is 0 Å². The van der Waals surface area contributed by atoms with Crippen molar-refractivity contribution in [2.45, 2.75) is 13.0 Å². The van der Waals surface area contributed by atoms with E-state index in [1.165, 1.54) is 18.0 Å². The minimum Gasteiger partial charge on any atom is -0.497 e. The fourth-order valence-electron chi connectivity index (χ4n) is 1.80. The first-order valence-corrected chi connectivity index (χ1v) is 6.39. The molecule has 8 heteroatoms. The first-order valence-electron chi connectivity index (χ1n) is 6.01. The summed E-state index contributed by atoms with van der Waals surface area (Å²) in [6, 6.07) is 5.87. The highest BCUT2D eigenvalue weighted by atomic mass is 35.5. The molecule has 110 valence electrons. The number of benzene rings is 1. The average Bonchev–Trinajstić information content (AvgIpc) is 2.88. The second-order valence-corrected chi connectivity index (χ2v) is 4.71. The lowest BCUT2D eigenvalue weighted by atomic mass is 10.1. The van der Waals surface area contributed by atoms with Gasteiger partial charge in [0, 0.05) is 5.56 Å². The van der Waals surface area contributed by atoms with E-state index in [1.54, 1.807) is 31.2 Å². The Bertz CT molecular complexity index is 681. The maximum Gasteiger partial charge on any atom is 0.408 e. The zero-order valence-electron chi connectivity index (χ0n) is 11.3. The number of nitro groups is 1. The maximum absolute atomic E-state index is 12.3. The lowest BCUT2D eigenvalue weighted by Gasteiger charge is -2.08. The van der Waals surface area contributed by atoms with Crippen LogP contribution in [-0.2, 0) is 0 Å². The van der Waals surface area contributed by atoms with Crippen molar-refractivity contribution >= 4 is 23.2 Å². The SMILES string of the molecule is COc1ccc(C(=O)C(C)n2cc(Cl)c([N+](=O)[O-])n2)cc1. The van der Waals surface area contributed by atoms with Crippen molar-refractivity contribution in [3.8, 4) is 5.75 Å². The van der Waals surface area contributed by atoms with Gasteiger partial charge in [-0.25, -0.2) is 0 Å². The number of nitrogens with zero attached hydrogens (tertiary/aromatic N) is 3. The summed E-state index contributed by atoms with van der Waals surface area (Å²) in [5.74, 6) is -0.0604. The Morgan fingerprint density at radius 3 is 2.52 bits per heavy atom. The van der Waals surface area contributed by atoms with E-state index in [2.05, 4.69) is 5.10 Å². The van der Waals surface area contributed by atoms with Crippen LogP contribution in [0.15, 0.2) is 30.5 Å². The summed E-state index contributed by atoms with van der Waals surface area (Å²) >= 11 is 5.72. The zero-order chi connectivity index (χ0) is 15.6. The molecule has 0 saturated heterocycles. The Labute approximate surface area is 125 Å². The van der Waals surface area contributed by atoms with Crippen molar-refractivity contribution in [1.29, 1.82) is 0 Å². The normalized spacial score (nSPS) is 12.0. The van der Waals surface area contributed by atoms with Crippen LogP contribution < -0.4 is 4.74 Å². The van der Waals surface area contributed by atoms with Gasteiger partial charge in [-0.15, -0.1) is 0 Å². The van der Waals surface area contributed by atoms with E-state index in [0.717, 1.165) is 0 Å². The highest BCUT2D eigenvalue weighted by Crippen LogP contribution is 2.25. The summed E-state index contributed by atoms with van der Waals surface area (Å²) in [5.41, 5.74) is 0.456. The molecule has 1 heterocycles. The smallest absolute Gasteiger partial charge is 0.408 e. The van der Waals surface area contributed by atoms with E-state index in [9.17, 15) is 14.9 Å². The van der Waals surface area contributed by atoms with Gasteiger partial charge in [0.15, 0.2) is 10.8 Å². The van der Waals surface area contributed by atoms with Gasteiger partial charge in [0.2, 0.25) is 0 Å². The van der Waals surface area contributed by atoms with Crippen LogP contribution in [0.1, 0.15) is 23.3 Å². The van der Waals surface area contributed by atoms with Crippen molar-refractivity contribution < 1.29 is 14.5 Å². The van der Waals surface area contributed by atoms with Gasteiger partial charge in [0.25, 0.3) is 0 Å². The summed E-state index contributed by atoms with van der Waals surface area (Å²) in [6.07, 6.45) is 1.27. The van der Waals surface area contributed by atoms with E-state index in [0.29, 0.717) is 11.3 Å². The third-order valence-electron chi connectivity index (χ3n) is 2.99. The predicted molar refractivity (Wildman–Crippen MR) is 75.9 cm³/mol. The number of Topliss-reactive ketones (excluding diaryl/α,β-unsaturated/α-hetero) is 1. The molecule has 7 nitrogen and oxygen atoms in total. The molecule has 1 aromatic carbocycles. The number of methoxy groups -OCH3 is 1. The topological polar surface area (TPSA) is 87.3 Å². The monoisotopic (exact) mass is 309 g/mol. The molecular formula is C13H12ClN3O4. The van der Waals surface area contributed by atoms with Crippen LogP contribution in [0.3, 0.4) is 0 Å². The molecule has 0 aliphatic heterocycles. The number of hydrogen-bond donors (Lipinski definition) is 0. The van der Waals surface area contributed by atoms with E-state index >= 15 is 0 Å². The number of ketones is 1. The Morgan fingerprint density at radius 2 is 2.05 bits per heavy atom. The van der Waals surface area contributed by atoms with E-state index < -0.39 is 16.8 Å². The van der Waals surface area contributed by atoms with Crippen LogP contribution in [0, 0.1) is 10.1 Å². The van der Waals surface area contributed by atoms with Crippen molar-refractivity contribution in [2.24, 2.45) is 0 Å². The fourth-order valence-corrected chi connectivity index (χ4v) is 2.01. The Kier molecular flexibility index (Phi) is 4.23. The van der Waals surface area contributed by atoms with Gasteiger partial charge in [-0.1, -0.05) is 11.6 Å². The van der Waals surface area contributed by atoms with Crippen LogP contribution in [0.2, 0.25) is 5.02 Å². The van der Waals surface area contributed by atoms with Gasteiger partial charge in [-0.2, -0.15) is 4.68 Å². The highest BCUT2D eigenvalue weighted by molar-refractivity contribution is 6.32. The summed E-state index contributed by atoms with van der Waals surface area (Å²) in [5, 5.41) is 14.3. The van der Waals surface area contributed by atoms with Crippen LogP contribution in [0.4, 0.5) is 5.82 Å². The fraction of sp³-hybridized carbons (Fsp3) is 0.231. The minimum absolute atomic E-state index is 0.102. The molecule has 0 fully saturated rings. The molecule has 21 heavy (non-hydrogen) atoms. The second-order valence-electron chi connectivity index (χ2n) is 4.31. The molecule has 2 rings (SSSR count). The summed E-state index contributed by atoms with van der Waals surface area (Å²) in [7, 11) is 1.53. The molecule has 0 aliphatic rings. The number of hydrogen-bond acceptors (Lipinski definition) is 5. The summed E-state index contributed by atoms with van der Waals surface area (Å²) < 4.78 is 6.21. The van der Waals surface area contributed by atoms with Crippen LogP contribution >= 0.6 is 11.6 Å². The number of rotatable bonds is 5. The van der Waals surface area contributed by atoms with Crippen LogP contribution in [-0.4, -0.2) is 27.6 Å². The number of ether oxygens (including phenoxy) is 1. The molecule has 0 saturated carbocycles. The van der Waals surface area contributed by atoms with Crippen molar-refractivity contribution in [1.82, 2.24) is 9.78 Å². The second kappa shape index (κ2) is 5.92. The number of carbonyl (C=O) groups is 1.